The largest absolute Gasteiger partial charge is 0.481 e. The van der Waals surface area contributed by atoms with E-state index in [1.807, 2.05) is 0 Å². The first-order valence-electron chi connectivity index (χ1n) is 5.85. The summed E-state index contributed by atoms with van der Waals surface area (Å²) in [7, 11) is 0. The van der Waals surface area contributed by atoms with Gasteiger partial charge in [0, 0.05) is 11.6 Å². The average molecular weight is 286 g/mol. The van der Waals surface area contributed by atoms with Crippen LogP contribution in [0.25, 0.3) is 0 Å². The van der Waals surface area contributed by atoms with Crippen LogP contribution in [0.4, 0.5) is 5.69 Å². The van der Waals surface area contributed by atoms with Crippen LogP contribution >= 0.6 is 11.6 Å². The average Bonchev–Trinajstić information content (AvgIpc) is 2.30. The van der Waals surface area contributed by atoms with Gasteiger partial charge in [-0.3, -0.25) is 14.9 Å². The third kappa shape index (κ3) is 3.04. The summed E-state index contributed by atoms with van der Waals surface area (Å²) in [5.74, 6) is -1.17. The number of halogens is 1. The minimum Gasteiger partial charge on any atom is -0.481 e. The molecule has 0 fully saturated rings. The van der Waals surface area contributed by atoms with Crippen LogP contribution in [0.15, 0.2) is 18.2 Å². The van der Waals surface area contributed by atoms with Gasteiger partial charge in [-0.05, 0) is 25.3 Å². The third-order valence-electron chi connectivity index (χ3n) is 3.60. The molecule has 1 N–H and O–H groups in total. The number of hydrogen-bond acceptors (Lipinski definition) is 3. The molecule has 104 valence electrons. The van der Waals surface area contributed by atoms with Gasteiger partial charge in [-0.25, -0.2) is 0 Å². The van der Waals surface area contributed by atoms with E-state index in [1.54, 1.807) is 20.8 Å². The van der Waals surface area contributed by atoms with Gasteiger partial charge in [0.25, 0.3) is 5.69 Å². The highest BCUT2D eigenvalue weighted by molar-refractivity contribution is 6.31. The molecule has 1 rings (SSSR count). The van der Waals surface area contributed by atoms with Crippen LogP contribution < -0.4 is 0 Å². The molecule has 0 saturated heterocycles. The molecule has 0 saturated carbocycles. The Morgan fingerprint density at radius 1 is 1.53 bits per heavy atom. The number of nitro groups is 1. The minimum atomic E-state index is -1.10. The van der Waals surface area contributed by atoms with Crippen molar-refractivity contribution >= 4 is 23.3 Å². The number of carboxylic acids is 1. The molecule has 1 atom stereocenters. The number of aliphatic carboxylic acids is 1. The normalized spacial score (nSPS) is 14.2. The number of nitrogens with zero attached hydrogens (tertiary/aromatic N) is 1. The van der Waals surface area contributed by atoms with Gasteiger partial charge in [0.2, 0.25) is 0 Å². The molecule has 1 unspecified atom stereocenters. The number of rotatable bonds is 5. The molecule has 0 heterocycles. The molecular formula is C13H16ClNO4. The fraction of sp³-hybridized carbons (Fsp3) is 0.462. The van der Waals surface area contributed by atoms with E-state index in [1.165, 1.54) is 18.2 Å². The molecule has 5 nitrogen and oxygen atoms in total. The zero-order valence-electron chi connectivity index (χ0n) is 11.0. The van der Waals surface area contributed by atoms with E-state index < -0.39 is 16.3 Å². The first-order chi connectivity index (χ1) is 8.70. The Bertz CT molecular complexity index is 515. The van der Waals surface area contributed by atoms with Gasteiger partial charge in [0.15, 0.2) is 0 Å². The van der Waals surface area contributed by atoms with Crippen LogP contribution in [-0.4, -0.2) is 16.0 Å². The van der Waals surface area contributed by atoms with E-state index in [0.29, 0.717) is 0 Å². The van der Waals surface area contributed by atoms with E-state index in [0.717, 1.165) is 0 Å². The molecule has 0 aromatic heterocycles. The number of benzene rings is 1. The van der Waals surface area contributed by atoms with Crippen LogP contribution in [-0.2, 0) is 11.2 Å². The summed E-state index contributed by atoms with van der Waals surface area (Å²) < 4.78 is 0. The smallest absolute Gasteiger partial charge is 0.309 e. The van der Waals surface area contributed by atoms with Crippen LogP contribution in [0.2, 0.25) is 5.02 Å². The monoisotopic (exact) mass is 285 g/mol. The maximum Gasteiger partial charge on any atom is 0.309 e. The maximum atomic E-state index is 11.4. The standard InChI is InChI=1S/C13H16ClNO4/c1-8(2)13(3,12(16)17)7-9-10(14)5-4-6-11(9)15(18)19/h4-6,8H,7H2,1-3H3,(H,16,17). The summed E-state index contributed by atoms with van der Waals surface area (Å²) in [5.41, 5.74) is -0.969. The van der Waals surface area contributed by atoms with Crippen molar-refractivity contribution in [2.75, 3.05) is 0 Å². The fourth-order valence-electron chi connectivity index (χ4n) is 1.79. The molecule has 0 amide bonds. The molecule has 0 aliphatic rings. The molecule has 1 aromatic carbocycles. The predicted molar refractivity (Wildman–Crippen MR) is 72.4 cm³/mol. The molecule has 0 radical (unpaired) electrons. The Hall–Kier alpha value is -1.62. The lowest BCUT2D eigenvalue weighted by Gasteiger charge is -2.29. The predicted octanol–water partition coefficient (Wildman–Crippen LogP) is 3.54. The lowest BCUT2D eigenvalue weighted by Crippen LogP contribution is -2.35. The summed E-state index contributed by atoms with van der Waals surface area (Å²) in [6.07, 6.45) is 0.0238. The van der Waals surface area contributed by atoms with Gasteiger partial charge in [0.05, 0.1) is 15.4 Å². The van der Waals surface area contributed by atoms with E-state index >= 15 is 0 Å². The van der Waals surface area contributed by atoms with Crippen LogP contribution in [0.3, 0.4) is 0 Å². The fourth-order valence-corrected chi connectivity index (χ4v) is 2.02. The van der Waals surface area contributed by atoms with E-state index in [2.05, 4.69) is 0 Å². The highest BCUT2D eigenvalue weighted by Crippen LogP contribution is 2.37. The molecule has 6 heteroatoms. The number of nitro benzene ring substituents is 1. The van der Waals surface area contributed by atoms with E-state index in [-0.39, 0.29) is 28.6 Å². The Labute approximate surface area is 116 Å². The molecular weight excluding hydrogens is 270 g/mol. The van der Waals surface area contributed by atoms with Gasteiger partial charge >= 0.3 is 5.97 Å². The molecule has 0 spiro atoms. The molecule has 0 aliphatic carbocycles. The van der Waals surface area contributed by atoms with E-state index in [4.69, 9.17) is 11.6 Å². The number of hydrogen-bond donors (Lipinski definition) is 1. The summed E-state index contributed by atoms with van der Waals surface area (Å²) >= 11 is 5.99. The Morgan fingerprint density at radius 2 is 2.11 bits per heavy atom. The zero-order chi connectivity index (χ0) is 14.8. The summed E-state index contributed by atoms with van der Waals surface area (Å²) in [6.45, 7) is 5.13. The Kier molecular flexibility index (Phi) is 4.52. The van der Waals surface area contributed by atoms with Crippen LogP contribution in [0, 0.1) is 21.4 Å². The quantitative estimate of drug-likeness (QED) is 0.663. The van der Waals surface area contributed by atoms with Gasteiger partial charge in [-0.1, -0.05) is 31.5 Å². The molecule has 0 aliphatic heterocycles. The van der Waals surface area contributed by atoms with Gasteiger partial charge in [-0.15, -0.1) is 0 Å². The van der Waals surface area contributed by atoms with Crippen LogP contribution in [0.1, 0.15) is 26.3 Å². The lowest BCUT2D eigenvalue weighted by atomic mass is 9.74. The summed E-state index contributed by atoms with van der Waals surface area (Å²) in [5, 5.41) is 20.6. The third-order valence-corrected chi connectivity index (χ3v) is 3.95. The minimum absolute atomic E-state index is 0.0238. The highest BCUT2D eigenvalue weighted by atomic mass is 35.5. The summed E-state index contributed by atoms with van der Waals surface area (Å²) in [6, 6.07) is 4.35. The number of carbonyl (C=O) groups is 1. The Balaban J connectivity index is 3.32. The van der Waals surface area contributed by atoms with Crippen molar-refractivity contribution in [2.24, 2.45) is 11.3 Å². The van der Waals surface area contributed by atoms with Gasteiger partial charge in [-0.2, -0.15) is 0 Å². The molecule has 19 heavy (non-hydrogen) atoms. The number of carboxylic acid groups (broad SMARTS) is 1. The topological polar surface area (TPSA) is 80.4 Å². The Morgan fingerprint density at radius 3 is 2.53 bits per heavy atom. The van der Waals surface area contributed by atoms with Gasteiger partial charge in [0.1, 0.15) is 0 Å². The van der Waals surface area contributed by atoms with Crippen molar-refractivity contribution < 1.29 is 14.8 Å². The SMILES string of the molecule is CC(C)C(C)(Cc1c(Cl)cccc1[N+](=O)[O-])C(=O)O. The lowest BCUT2D eigenvalue weighted by molar-refractivity contribution is -0.385. The second-order valence-electron chi connectivity index (χ2n) is 5.05. The van der Waals surface area contributed by atoms with Crippen molar-refractivity contribution in [3.63, 3.8) is 0 Å². The molecule has 1 aromatic rings. The first kappa shape index (κ1) is 15.4. The molecule has 0 bridgehead atoms. The van der Waals surface area contributed by atoms with Crippen molar-refractivity contribution in [2.45, 2.75) is 27.2 Å². The highest BCUT2D eigenvalue weighted by Gasteiger charge is 2.39. The summed E-state index contributed by atoms with van der Waals surface area (Å²) in [4.78, 5) is 21.9. The van der Waals surface area contributed by atoms with Crippen molar-refractivity contribution in [1.82, 2.24) is 0 Å². The second kappa shape index (κ2) is 5.57. The first-order valence-corrected chi connectivity index (χ1v) is 6.23. The van der Waals surface area contributed by atoms with Crippen LogP contribution in [0.5, 0.6) is 0 Å². The van der Waals surface area contributed by atoms with E-state index in [9.17, 15) is 20.0 Å². The van der Waals surface area contributed by atoms with Gasteiger partial charge < -0.3 is 5.11 Å². The zero-order valence-corrected chi connectivity index (χ0v) is 11.8. The maximum absolute atomic E-state index is 11.4. The van der Waals surface area contributed by atoms with Crippen molar-refractivity contribution in [3.05, 3.63) is 38.9 Å². The second-order valence-corrected chi connectivity index (χ2v) is 5.46. The van der Waals surface area contributed by atoms with Crippen molar-refractivity contribution in [1.29, 1.82) is 0 Å². The van der Waals surface area contributed by atoms with Crippen molar-refractivity contribution in [3.8, 4) is 0 Å².